The Kier molecular flexibility index (Phi) is 6.94. The number of hydrogen-bond donors (Lipinski definition) is 3. The molecule has 0 saturated carbocycles. The van der Waals surface area contributed by atoms with Gasteiger partial charge in [0.05, 0.1) is 0 Å². The summed E-state index contributed by atoms with van der Waals surface area (Å²) in [6.45, 7) is 3.03. The van der Waals surface area contributed by atoms with Crippen molar-refractivity contribution >= 4 is 17.5 Å². The van der Waals surface area contributed by atoms with E-state index in [4.69, 9.17) is 0 Å². The van der Waals surface area contributed by atoms with Gasteiger partial charge in [-0.1, -0.05) is 60.7 Å². The second kappa shape index (κ2) is 10.6. The van der Waals surface area contributed by atoms with Gasteiger partial charge in [0.15, 0.2) is 0 Å². The van der Waals surface area contributed by atoms with Gasteiger partial charge in [-0.2, -0.15) is 0 Å². The minimum atomic E-state index is 0.0549. The number of pyridine rings is 1. The van der Waals surface area contributed by atoms with Crippen LogP contribution >= 0.6 is 0 Å². The van der Waals surface area contributed by atoms with Crippen molar-refractivity contribution in [2.75, 3.05) is 30.3 Å². The number of urea groups is 1. The number of nitrogens with zero attached hydrogens (tertiary/aromatic N) is 2. The first kappa shape index (κ1) is 22.3. The number of rotatable bonds is 7. The molecular formula is C28H33N5O. The highest BCUT2D eigenvalue weighted by Crippen LogP contribution is 2.27. The smallest absolute Gasteiger partial charge is 0.317 e. The molecule has 1 atom stereocenters. The lowest BCUT2D eigenvalue weighted by molar-refractivity contribution is 0.170. The van der Waals surface area contributed by atoms with Gasteiger partial charge < -0.3 is 20.9 Å². The average Bonchev–Trinajstić information content (AvgIpc) is 3.30. The zero-order valence-electron chi connectivity index (χ0n) is 19.5. The highest BCUT2D eigenvalue weighted by molar-refractivity contribution is 5.74. The van der Waals surface area contributed by atoms with Crippen LogP contribution in [-0.2, 0) is 19.4 Å². The summed E-state index contributed by atoms with van der Waals surface area (Å²) >= 11 is 0. The molecule has 0 bridgehead atoms. The number of anilines is 2. The van der Waals surface area contributed by atoms with Crippen molar-refractivity contribution in [3.05, 3.63) is 89.6 Å². The number of benzene rings is 2. The topological polar surface area (TPSA) is 69.3 Å². The Bertz CT molecular complexity index is 1080. The summed E-state index contributed by atoms with van der Waals surface area (Å²) in [5.74, 6) is 1.52. The number of carbonyl (C=O) groups is 1. The molecule has 2 aromatic carbocycles. The van der Waals surface area contributed by atoms with Gasteiger partial charge in [0.1, 0.15) is 5.82 Å². The van der Waals surface area contributed by atoms with E-state index in [1.165, 1.54) is 16.7 Å². The van der Waals surface area contributed by atoms with Crippen molar-refractivity contribution in [3.8, 4) is 0 Å². The Morgan fingerprint density at radius 2 is 1.71 bits per heavy atom. The van der Waals surface area contributed by atoms with E-state index in [-0.39, 0.29) is 12.1 Å². The fraction of sp³-hybridized carbons (Fsp3) is 0.357. The number of fused-ring (bicyclic) bond motifs is 1. The summed E-state index contributed by atoms with van der Waals surface area (Å²) in [5, 5.41) is 10.1. The number of piperidine rings is 1. The molecule has 3 aromatic rings. The third kappa shape index (κ3) is 5.68. The second-order valence-electron chi connectivity index (χ2n) is 9.42. The monoisotopic (exact) mass is 455 g/mol. The molecular weight excluding hydrogens is 422 g/mol. The largest absolute Gasteiger partial charge is 0.380 e. The van der Waals surface area contributed by atoms with Crippen LogP contribution in [0.3, 0.4) is 0 Å². The number of amides is 2. The van der Waals surface area contributed by atoms with Gasteiger partial charge in [0, 0.05) is 50.2 Å². The minimum absolute atomic E-state index is 0.0549. The molecule has 0 radical (unpaired) electrons. The van der Waals surface area contributed by atoms with Crippen molar-refractivity contribution in [3.63, 3.8) is 0 Å². The molecule has 1 saturated heterocycles. The number of hydrogen-bond acceptors (Lipinski definition) is 4. The van der Waals surface area contributed by atoms with E-state index in [0.717, 1.165) is 56.8 Å². The van der Waals surface area contributed by atoms with Crippen LogP contribution in [0.2, 0.25) is 0 Å². The van der Waals surface area contributed by atoms with Crippen LogP contribution in [0.25, 0.3) is 0 Å². The Hall–Kier alpha value is -3.54. The maximum Gasteiger partial charge on any atom is 0.317 e. The summed E-state index contributed by atoms with van der Waals surface area (Å²) in [6, 6.07) is 23.3. The lowest BCUT2D eigenvalue weighted by Crippen LogP contribution is -2.47. The molecule has 0 spiro atoms. The predicted molar refractivity (Wildman–Crippen MR) is 137 cm³/mol. The molecule has 2 aliphatic rings. The van der Waals surface area contributed by atoms with E-state index < -0.39 is 0 Å². The van der Waals surface area contributed by atoms with Gasteiger partial charge in [-0.15, -0.1) is 0 Å². The summed E-state index contributed by atoms with van der Waals surface area (Å²) < 4.78 is 0. The van der Waals surface area contributed by atoms with Crippen molar-refractivity contribution < 1.29 is 4.79 Å². The molecule has 1 aromatic heterocycles. The molecule has 6 heteroatoms. The first-order valence-electron chi connectivity index (χ1n) is 12.3. The van der Waals surface area contributed by atoms with E-state index in [1.807, 2.05) is 29.3 Å². The van der Waals surface area contributed by atoms with Crippen molar-refractivity contribution in [2.45, 2.75) is 38.3 Å². The van der Waals surface area contributed by atoms with Crippen molar-refractivity contribution in [2.24, 2.45) is 5.92 Å². The highest BCUT2D eigenvalue weighted by atomic mass is 16.2. The van der Waals surface area contributed by atoms with Gasteiger partial charge in [-0.3, -0.25) is 0 Å². The lowest BCUT2D eigenvalue weighted by Gasteiger charge is -2.32. The number of aromatic nitrogens is 1. The summed E-state index contributed by atoms with van der Waals surface area (Å²) in [6.07, 6.45) is 6.06. The molecule has 2 aliphatic heterocycles. The van der Waals surface area contributed by atoms with Crippen LogP contribution in [0.1, 0.15) is 29.5 Å². The Balaban J connectivity index is 1.05. The van der Waals surface area contributed by atoms with E-state index >= 15 is 0 Å². The third-order valence-electron chi connectivity index (χ3n) is 6.90. The summed E-state index contributed by atoms with van der Waals surface area (Å²) in [5.41, 5.74) is 4.92. The predicted octanol–water partition coefficient (Wildman–Crippen LogP) is 4.69. The van der Waals surface area contributed by atoms with Crippen LogP contribution in [0, 0.1) is 5.92 Å². The van der Waals surface area contributed by atoms with E-state index in [2.05, 4.69) is 69.5 Å². The van der Waals surface area contributed by atoms with E-state index in [0.29, 0.717) is 12.5 Å². The molecule has 34 heavy (non-hydrogen) atoms. The maximum atomic E-state index is 12.7. The van der Waals surface area contributed by atoms with E-state index in [9.17, 15) is 4.79 Å². The zero-order chi connectivity index (χ0) is 23.2. The van der Waals surface area contributed by atoms with Crippen LogP contribution in [-0.4, -0.2) is 41.6 Å². The Labute approximate surface area is 201 Å². The second-order valence-corrected chi connectivity index (χ2v) is 9.42. The Morgan fingerprint density at radius 3 is 2.44 bits per heavy atom. The molecule has 6 nitrogen and oxygen atoms in total. The summed E-state index contributed by atoms with van der Waals surface area (Å²) in [7, 11) is 0. The molecule has 5 rings (SSSR count). The summed E-state index contributed by atoms with van der Waals surface area (Å²) in [4.78, 5) is 19.3. The highest BCUT2D eigenvalue weighted by Gasteiger charge is 2.25. The van der Waals surface area contributed by atoms with Crippen LogP contribution < -0.4 is 16.0 Å². The molecule has 1 fully saturated rings. The third-order valence-corrected chi connectivity index (χ3v) is 6.90. The van der Waals surface area contributed by atoms with Gasteiger partial charge >= 0.3 is 6.03 Å². The van der Waals surface area contributed by atoms with Crippen LogP contribution in [0.15, 0.2) is 72.9 Å². The Morgan fingerprint density at radius 1 is 1.00 bits per heavy atom. The quantitative estimate of drug-likeness (QED) is 0.483. The zero-order valence-corrected chi connectivity index (χ0v) is 19.5. The van der Waals surface area contributed by atoms with Gasteiger partial charge in [0.2, 0.25) is 0 Å². The molecule has 0 aliphatic carbocycles. The number of nitrogens with one attached hydrogen (secondary N) is 3. The molecule has 3 N–H and O–H groups in total. The standard InChI is InChI=1S/C28H33N5O/c34-28(33-13-11-22(12-14-33)15-21-7-3-1-4-8-21)31-20-25-16-24-19-30-27(17-26(24)32-25)29-18-23-9-5-2-6-10-23/h1-10,17,19,22,25,32H,11-16,18,20H2,(H,29,30)(H,31,34). The number of likely N-dealkylation sites (tertiary alicyclic amines) is 1. The number of carbonyl (C=O) groups excluding carboxylic acids is 1. The van der Waals surface area contributed by atoms with E-state index in [1.54, 1.807) is 0 Å². The van der Waals surface area contributed by atoms with Crippen molar-refractivity contribution in [1.82, 2.24) is 15.2 Å². The first-order valence-corrected chi connectivity index (χ1v) is 12.3. The first-order chi connectivity index (χ1) is 16.7. The molecule has 176 valence electrons. The molecule has 3 heterocycles. The molecule has 2 amide bonds. The van der Waals surface area contributed by atoms with Crippen molar-refractivity contribution in [1.29, 1.82) is 0 Å². The average molecular weight is 456 g/mol. The van der Waals surface area contributed by atoms with Gasteiger partial charge in [-0.25, -0.2) is 9.78 Å². The van der Waals surface area contributed by atoms with Crippen LogP contribution in [0.4, 0.5) is 16.3 Å². The SMILES string of the molecule is O=C(NCC1Cc2cnc(NCc3ccccc3)cc2N1)N1CCC(Cc2ccccc2)CC1. The fourth-order valence-electron chi connectivity index (χ4n) is 4.94. The van der Waals surface area contributed by atoms with Gasteiger partial charge in [-0.05, 0) is 48.3 Å². The lowest BCUT2D eigenvalue weighted by atomic mass is 9.90. The normalized spacial score (nSPS) is 17.6. The molecule has 1 unspecified atom stereocenters. The maximum absolute atomic E-state index is 12.7. The minimum Gasteiger partial charge on any atom is -0.380 e. The van der Waals surface area contributed by atoms with Gasteiger partial charge in [0.25, 0.3) is 0 Å². The fourth-order valence-corrected chi connectivity index (χ4v) is 4.94. The van der Waals surface area contributed by atoms with Crippen LogP contribution in [0.5, 0.6) is 0 Å².